The van der Waals surface area contributed by atoms with Gasteiger partial charge in [-0.1, -0.05) is 17.7 Å². The summed E-state index contributed by atoms with van der Waals surface area (Å²) < 4.78 is 3.25. The van der Waals surface area contributed by atoms with Crippen LogP contribution in [0.3, 0.4) is 0 Å². The van der Waals surface area contributed by atoms with Crippen molar-refractivity contribution < 1.29 is 4.79 Å². The second-order valence-corrected chi connectivity index (χ2v) is 6.98. The predicted molar refractivity (Wildman–Crippen MR) is 98.4 cm³/mol. The molecule has 0 fully saturated rings. The fourth-order valence-corrected chi connectivity index (χ4v) is 4.27. The Bertz CT molecular complexity index is 936. The van der Waals surface area contributed by atoms with Crippen LogP contribution < -0.4 is 5.73 Å². The Morgan fingerprint density at radius 1 is 1.39 bits per heavy atom. The van der Waals surface area contributed by atoms with Crippen LogP contribution in [0.25, 0.3) is 20.7 Å². The van der Waals surface area contributed by atoms with E-state index in [4.69, 9.17) is 17.3 Å². The predicted octanol–water partition coefficient (Wildman–Crippen LogP) is 4.92. The highest BCUT2D eigenvalue weighted by Gasteiger charge is 2.19. The van der Waals surface area contributed by atoms with Gasteiger partial charge < -0.3 is 10.3 Å². The number of thiophene rings is 1. The second-order valence-electron chi connectivity index (χ2n) is 5.49. The highest BCUT2D eigenvalue weighted by molar-refractivity contribution is 7.22. The maximum atomic E-state index is 11.7. The lowest BCUT2D eigenvalue weighted by Gasteiger charge is -2.08. The van der Waals surface area contributed by atoms with Gasteiger partial charge in [0, 0.05) is 22.0 Å². The molecule has 2 N–H and O–H groups in total. The van der Waals surface area contributed by atoms with Crippen molar-refractivity contribution in [3.63, 3.8) is 0 Å². The molecule has 118 valence electrons. The van der Waals surface area contributed by atoms with Crippen molar-refractivity contribution in [1.29, 1.82) is 0 Å². The van der Waals surface area contributed by atoms with Crippen LogP contribution in [0, 0.1) is 13.8 Å². The first-order valence-corrected chi connectivity index (χ1v) is 8.43. The number of carbonyl (C=O) groups is 1. The molecule has 2 aromatic heterocycles. The number of rotatable bonds is 4. The largest absolute Gasteiger partial charge is 0.366 e. The fraction of sp³-hybridized carbons (Fsp3) is 0.167. The zero-order valence-corrected chi connectivity index (χ0v) is 14.6. The van der Waals surface area contributed by atoms with E-state index < -0.39 is 5.91 Å². The van der Waals surface area contributed by atoms with E-state index in [-0.39, 0.29) is 0 Å². The minimum absolute atomic E-state index is 0.409. The number of amides is 1. The smallest absolute Gasteiger partial charge is 0.250 e. The number of hydrogen-bond acceptors (Lipinski definition) is 2. The van der Waals surface area contributed by atoms with Crippen LogP contribution in [0.15, 0.2) is 36.9 Å². The number of hydrogen-bond donors (Lipinski definition) is 1. The molecule has 5 heteroatoms. The average molecular weight is 345 g/mol. The van der Waals surface area contributed by atoms with E-state index in [1.54, 1.807) is 11.3 Å². The minimum Gasteiger partial charge on any atom is -0.366 e. The van der Waals surface area contributed by atoms with Gasteiger partial charge in [-0.2, -0.15) is 0 Å². The Morgan fingerprint density at radius 3 is 2.78 bits per heavy atom. The van der Waals surface area contributed by atoms with Crippen LogP contribution in [-0.2, 0) is 6.54 Å². The molecule has 0 aliphatic carbocycles. The molecular weight excluding hydrogens is 328 g/mol. The molecule has 0 saturated carbocycles. The lowest BCUT2D eigenvalue weighted by atomic mass is 10.1. The summed E-state index contributed by atoms with van der Waals surface area (Å²) in [6, 6.07) is 7.78. The molecule has 0 atom stereocenters. The van der Waals surface area contributed by atoms with E-state index in [9.17, 15) is 4.79 Å². The zero-order chi connectivity index (χ0) is 16.7. The summed E-state index contributed by atoms with van der Waals surface area (Å²) in [4.78, 5) is 12.8. The van der Waals surface area contributed by atoms with E-state index in [1.807, 2.05) is 37.3 Å². The average Bonchev–Trinajstić information content (AvgIpc) is 2.99. The van der Waals surface area contributed by atoms with E-state index in [0.717, 1.165) is 32.2 Å². The number of aryl methyl sites for hydroxylation is 1. The Labute approximate surface area is 144 Å². The molecule has 3 aromatic rings. The van der Waals surface area contributed by atoms with Gasteiger partial charge in [0.1, 0.15) is 0 Å². The van der Waals surface area contributed by atoms with Crippen molar-refractivity contribution in [3.8, 4) is 10.6 Å². The van der Waals surface area contributed by atoms with Gasteiger partial charge >= 0.3 is 0 Å². The van der Waals surface area contributed by atoms with Gasteiger partial charge in [0.05, 0.1) is 16.1 Å². The molecule has 0 unspecified atom stereocenters. The van der Waals surface area contributed by atoms with E-state index in [1.165, 1.54) is 4.70 Å². The molecule has 0 radical (unpaired) electrons. The maximum absolute atomic E-state index is 11.7. The number of carbonyl (C=O) groups excluding carboxylic acids is 1. The van der Waals surface area contributed by atoms with Crippen LogP contribution in [0.5, 0.6) is 0 Å². The molecule has 0 saturated heterocycles. The number of nitrogens with two attached hydrogens (primary N) is 1. The molecule has 0 spiro atoms. The van der Waals surface area contributed by atoms with E-state index in [2.05, 4.69) is 18.1 Å². The third-order valence-electron chi connectivity index (χ3n) is 4.07. The summed E-state index contributed by atoms with van der Waals surface area (Å²) in [5.74, 6) is -0.409. The summed E-state index contributed by atoms with van der Waals surface area (Å²) >= 11 is 7.82. The van der Waals surface area contributed by atoms with Gasteiger partial charge in [-0.15, -0.1) is 17.9 Å². The molecule has 1 aromatic carbocycles. The molecule has 0 bridgehead atoms. The Balaban J connectivity index is 2.29. The first-order chi connectivity index (χ1) is 10.9. The highest BCUT2D eigenvalue weighted by Crippen LogP contribution is 2.40. The van der Waals surface area contributed by atoms with Gasteiger partial charge in [-0.3, -0.25) is 4.79 Å². The van der Waals surface area contributed by atoms with Crippen molar-refractivity contribution in [1.82, 2.24) is 4.57 Å². The monoisotopic (exact) mass is 344 g/mol. The Hall–Kier alpha value is -2.04. The maximum Gasteiger partial charge on any atom is 0.250 e. The van der Waals surface area contributed by atoms with Crippen LogP contribution in [-0.4, -0.2) is 10.5 Å². The van der Waals surface area contributed by atoms with Crippen LogP contribution in [0.2, 0.25) is 5.02 Å². The van der Waals surface area contributed by atoms with Crippen molar-refractivity contribution in [2.24, 2.45) is 5.73 Å². The summed E-state index contributed by atoms with van der Waals surface area (Å²) in [5, 5.41) is 1.86. The molecule has 0 aliphatic heterocycles. The Morgan fingerprint density at radius 2 is 2.13 bits per heavy atom. The third kappa shape index (κ3) is 2.58. The SMILES string of the molecule is C=CCn1c(-c2sc3ccc(Cl)cc3c2C)cc(C(N)=O)c1C. The number of nitrogens with zero attached hydrogens (tertiary/aromatic N) is 1. The van der Waals surface area contributed by atoms with E-state index in [0.29, 0.717) is 12.1 Å². The van der Waals surface area contributed by atoms with Gasteiger partial charge in [0.25, 0.3) is 5.91 Å². The van der Waals surface area contributed by atoms with Crippen molar-refractivity contribution in [2.45, 2.75) is 20.4 Å². The quantitative estimate of drug-likeness (QED) is 0.670. The number of primary amides is 1. The number of fused-ring (bicyclic) bond motifs is 1. The second kappa shape index (κ2) is 5.87. The molecular formula is C18H17ClN2OS. The zero-order valence-electron chi connectivity index (χ0n) is 13.0. The summed E-state index contributed by atoms with van der Waals surface area (Å²) in [7, 11) is 0. The fourth-order valence-electron chi connectivity index (χ4n) is 2.88. The number of halogens is 1. The van der Waals surface area contributed by atoms with Gasteiger partial charge in [-0.25, -0.2) is 0 Å². The molecule has 3 rings (SSSR count). The highest BCUT2D eigenvalue weighted by atomic mass is 35.5. The first-order valence-electron chi connectivity index (χ1n) is 7.24. The summed E-state index contributed by atoms with van der Waals surface area (Å²) in [6.45, 7) is 8.43. The van der Waals surface area contributed by atoms with Gasteiger partial charge in [-0.05, 0) is 49.1 Å². The first kappa shape index (κ1) is 15.8. The molecule has 0 aliphatic rings. The number of benzene rings is 1. The van der Waals surface area contributed by atoms with Crippen molar-refractivity contribution >= 4 is 38.9 Å². The van der Waals surface area contributed by atoms with Crippen LogP contribution in [0.1, 0.15) is 21.6 Å². The van der Waals surface area contributed by atoms with Gasteiger partial charge in [0.2, 0.25) is 0 Å². The van der Waals surface area contributed by atoms with Crippen LogP contribution >= 0.6 is 22.9 Å². The van der Waals surface area contributed by atoms with Gasteiger partial charge in [0.15, 0.2) is 0 Å². The lowest BCUT2D eigenvalue weighted by Crippen LogP contribution is -2.12. The Kier molecular flexibility index (Phi) is 4.04. The molecule has 23 heavy (non-hydrogen) atoms. The normalized spacial score (nSPS) is 11.1. The number of allylic oxidation sites excluding steroid dienone is 1. The minimum atomic E-state index is -0.409. The lowest BCUT2D eigenvalue weighted by molar-refractivity contribution is 0.0999. The van der Waals surface area contributed by atoms with Crippen LogP contribution in [0.4, 0.5) is 0 Å². The third-order valence-corrected chi connectivity index (χ3v) is 5.60. The number of aromatic nitrogens is 1. The topological polar surface area (TPSA) is 48.0 Å². The summed E-state index contributed by atoms with van der Waals surface area (Å²) in [6.07, 6.45) is 1.82. The molecule has 2 heterocycles. The molecule has 3 nitrogen and oxygen atoms in total. The standard InChI is InChI=1S/C18H17ClN2OS/c1-4-7-21-11(3)14(18(20)22)9-15(21)17-10(2)13-8-12(19)5-6-16(13)23-17/h4-6,8-9H,1,7H2,2-3H3,(H2,20,22). The molecule has 1 amide bonds. The summed E-state index contributed by atoms with van der Waals surface area (Å²) in [5.41, 5.74) is 9.08. The van der Waals surface area contributed by atoms with Crippen molar-refractivity contribution in [2.75, 3.05) is 0 Å². The van der Waals surface area contributed by atoms with Crippen molar-refractivity contribution in [3.05, 3.63) is 58.8 Å². The van der Waals surface area contributed by atoms with E-state index >= 15 is 0 Å².